The number of hydrogen-bond acceptors (Lipinski definition) is 0. The lowest BCUT2D eigenvalue weighted by Gasteiger charge is -2.37. The Morgan fingerprint density at radius 2 is 0.720 bits per heavy atom. The molecule has 0 saturated heterocycles. The van der Waals surface area contributed by atoms with Crippen LogP contribution >= 0.6 is 0 Å². The van der Waals surface area contributed by atoms with Crippen LogP contribution in [0.4, 0.5) is 0 Å². The third kappa shape index (κ3) is 6.59. The lowest BCUT2D eigenvalue weighted by molar-refractivity contribution is 0.139. The Hall–Kier alpha value is 0. The zero-order valence-electron chi connectivity index (χ0n) is 17.3. The van der Waals surface area contributed by atoms with Crippen molar-refractivity contribution in [1.29, 1.82) is 0 Å². The lowest BCUT2D eigenvalue weighted by Crippen LogP contribution is -2.26. The quantitative estimate of drug-likeness (QED) is 0.470. The minimum absolute atomic E-state index is 1.00. The van der Waals surface area contributed by atoms with Crippen molar-refractivity contribution in [1.82, 2.24) is 0 Å². The molecule has 0 aromatic carbocycles. The molecule has 0 aromatic heterocycles. The van der Waals surface area contributed by atoms with Gasteiger partial charge in [0, 0.05) is 0 Å². The lowest BCUT2D eigenvalue weighted by atomic mass is 9.68. The van der Waals surface area contributed by atoms with Crippen molar-refractivity contribution in [2.24, 2.45) is 29.6 Å². The monoisotopic (exact) mass is 346 g/mol. The average molecular weight is 347 g/mol. The summed E-state index contributed by atoms with van der Waals surface area (Å²) in [6, 6.07) is 0. The predicted octanol–water partition coefficient (Wildman–Crippen LogP) is 8.54. The van der Waals surface area contributed by atoms with Gasteiger partial charge in [-0.25, -0.2) is 0 Å². The summed E-state index contributed by atoms with van der Waals surface area (Å²) in [5.74, 6) is 5.36. The molecule has 2 atom stereocenters. The molecular formula is C25H46. The highest BCUT2D eigenvalue weighted by Crippen LogP contribution is 2.42. The topological polar surface area (TPSA) is 0 Å². The van der Waals surface area contributed by atoms with Crippen molar-refractivity contribution in [2.45, 2.75) is 129 Å². The summed E-state index contributed by atoms with van der Waals surface area (Å²) < 4.78 is 0. The predicted molar refractivity (Wildman–Crippen MR) is 111 cm³/mol. The fraction of sp³-hybridized carbons (Fsp3) is 1.00. The molecule has 0 nitrogen and oxygen atoms in total. The van der Waals surface area contributed by atoms with E-state index in [1.54, 1.807) is 44.9 Å². The normalized spacial score (nSPS) is 37.8. The van der Waals surface area contributed by atoms with Crippen molar-refractivity contribution >= 4 is 0 Å². The highest BCUT2D eigenvalue weighted by Gasteiger charge is 2.30. The van der Waals surface area contributed by atoms with Gasteiger partial charge in [-0.3, -0.25) is 0 Å². The van der Waals surface area contributed by atoms with E-state index in [2.05, 4.69) is 6.92 Å². The zero-order valence-corrected chi connectivity index (χ0v) is 17.3. The van der Waals surface area contributed by atoms with E-state index in [1.807, 2.05) is 0 Å². The molecule has 3 aliphatic carbocycles. The third-order valence-electron chi connectivity index (χ3n) is 8.28. The maximum atomic E-state index is 2.49. The Kier molecular flexibility index (Phi) is 8.68. The van der Waals surface area contributed by atoms with Crippen molar-refractivity contribution in [2.75, 3.05) is 0 Å². The van der Waals surface area contributed by atoms with Crippen LogP contribution < -0.4 is 0 Å². The van der Waals surface area contributed by atoms with Gasteiger partial charge in [0.15, 0.2) is 0 Å². The average Bonchev–Trinajstić information content (AvgIpc) is 2.52. The standard InChI is InChI=1S/C25H46/c1-21-12-10-18-23(19-11-13-21)25-17-9-5-8-16-24(20-25)22-14-6-3-2-4-7-15-22/h21-25H,2-20H2,1H3. The van der Waals surface area contributed by atoms with Crippen LogP contribution in [0.1, 0.15) is 129 Å². The van der Waals surface area contributed by atoms with Crippen molar-refractivity contribution in [3.05, 3.63) is 0 Å². The number of rotatable bonds is 2. The Morgan fingerprint density at radius 1 is 0.360 bits per heavy atom. The van der Waals surface area contributed by atoms with Crippen LogP contribution in [0, 0.1) is 29.6 Å². The first-order valence-corrected chi connectivity index (χ1v) is 12.3. The molecule has 25 heavy (non-hydrogen) atoms. The summed E-state index contributed by atoms with van der Waals surface area (Å²) in [6.07, 6.45) is 29.3. The maximum Gasteiger partial charge on any atom is -0.0383 e. The Morgan fingerprint density at radius 3 is 1.24 bits per heavy atom. The molecule has 0 amide bonds. The third-order valence-corrected chi connectivity index (χ3v) is 8.28. The minimum Gasteiger partial charge on any atom is -0.0625 e. The van der Waals surface area contributed by atoms with E-state index >= 15 is 0 Å². The van der Waals surface area contributed by atoms with E-state index in [-0.39, 0.29) is 0 Å². The Balaban J connectivity index is 1.59. The molecule has 146 valence electrons. The molecule has 0 radical (unpaired) electrons. The molecule has 3 rings (SSSR count). The summed E-state index contributed by atoms with van der Waals surface area (Å²) in [4.78, 5) is 0. The Bertz CT molecular complexity index is 328. The smallest absolute Gasteiger partial charge is 0.0383 e. The van der Waals surface area contributed by atoms with Crippen LogP contribution in [0.25, 0.3) is 0 Å². The van der Waals surface area contributed by atoms with E-state index < -0.39 is 0 Å². The van der Waals surface area contributed by atoms with Gasteiger partial charge in [0.05, 0.1) is 0 Å². The molecule has 3 aliphatic rings. The van der Waals surface area contributed by atoms with Crippen LogP contribution in [0.3, 0.4) is 0 Å². The fourth-order valence-electron chi connectivity index (χ4n) is 6.65. The fourth-order valence-corrected chi connectivity index (χ4v) is 6.65. The molecule has 3 fully saturated rings. The van der Waals surface area contributed by atoms with E-state index in [9.17, 15) is 0 Å². The van der Waals surface area contributed by atoms with Gasteiger partial charge in [-0.1, -0.05) is 122 Å². The molecule has 0 bridgehead atoms. The summed E-state index contributed by atoms with van der Waals surface area (Å²) in [7, 11) is 0. The highest BCUT2D eigenvalue weighted by molar-refractivity contribution is 4.82. The highest BCUT2D eigenvalue weighted by atomic mass is 14.4. The molecule has 0 aliphatic heterocycles. The van der Waals surface area contributed by atoms with Crippen molar-refractivity contribution < 1.29 is 0 Å². The van der Waals surface area contributed by atoms with Gasteiger partial charge in [0.2, 0.25) is 0 Å². The largest absolute Gasteiger partial charge is 0.0625 e. The first-order valence-electron chi connectivity index (χ1n) is 12.3. The Labute approximate surface area is 158 Å². The molecule has 0 heteroatoms. The molecule has 0 heterocycles. The van der Waals surface area contributed by atoms with Gasteiger partial charge in [0.25, 0.3) is 0 Å². The molecule has 3 saturated carbocycles. The second-order valence-corrected chi connectivity index (χ2v) is 10.2. The van der Waals surface area contributed by atoms with Gasteiger partial charge in [-0.2, -0.15) is 0 Å². The van der Waals surface area contributed by atoms with Crippen LogP contribution in [0.2, 0.25) is 0 Å². The molecule has 2 unspecified atom stereocenters. The summed E-state index contributed by atoms with van der Waals surface area (Å²) >= 11 is 0. The van der Waals surface area contributed by atoms with Gasteiger partial charge in [-0.15, -0.1) is 0 Å². The van der Waals surface area contributed by atoms with Crippen LogP contribution in [-0.4, -0.2) is 0 Å². The van der Waals surface area contributed by atoms with Gasteiger partial charge >= 0.3 is 0 Å². The zero-order chi connectivity index (χ0) is 17.3. The summed E-state index contributed by atoms with van der Waals surface area (Å²) in [5, 5.41) is 0. The summed E-state index contributed by atoms with van der Waals surface area (Å²) in [5.41, 5.74) is 0. The molecular weight excluding hydrogens is 300 g/mol. The van der Waals surface area contributed by atoms with Crippen molar-refractivity contribution in [3.8, 4) is 0 Å². The maximum absolute atomic E-state index is 2.49. The van der Waals surface area contributed by atoms with Crippen LogP contribution in [-0.2, 0) is 0 Å². The summed E-state index contributed by atoms with van der Waals surface area (Å²) in [6.45, 7) is 2.49. The molecule has 0 aromatic rings. The van der Waals surface area contributed by atoms with Gasteiger partial charge in [-0.05, 0) is 36.0 Å². The van der Waals surface area contributed by atoms with Crippen molar-refractivity contribution in [3.63, 3.8) is 0 Å². The molecule has 0 N–H and O–H groups in total. The SMILES string of the molecule is CC1CCCC(C2CCCCCC(C3CCCCCCC3)C2)CCC1. The van der Waals surface area contributed by atoms with E-state index in [0.717, 1.165) is 29.6 Å². The van der Waals surface area contributed by atoms with E-state index in [4.69, 9.17) is 0 Å². The molecule has 0 spiro atoms. The second-order valence-electron chi connectivity index (χ2n) is 10.2. The van der Waals surface area contributed by atoms with Gasteiger partial charge < -0.3 is 0 Å². The van der Waals surface area contributed by atoms with Crippen LogP contribution in [0.5, 0.6) is 0 Å². The number of hydrogen-bond donors (Lipinski definition) is 0. The first kappa shape index (κ1) is 19.8. The second kappa shape index (κ2) is 11.0. The first-order chi connectivity index (χ1) is 12.3. The van der Waals surface area contributed by atoms with Gasteiger partial charge in [0.1, 0.15) is 0 Å². The van der Waals surface area contributed by atoms with E-state index in [0.29, 0.717) is 0 Å². The van der Waals surface area contributed by atoms with E-state index in [1.165, 1.54) is 77.0 Å². The minimum atomic E-state index is 1.00. The van der Waals surface area contributed by atoms with Crippen LogP contribution in [0.15, 0.2) is 0 Å².